The first kappa shape index (κ1) is 30.2. The van der Waals surface area contributed by atoms with Crippen LogP contribution in [0.2, 0.25) is 10.0 Å². The molecule has 4 fully saturated rings. The normalized spacial score (nSPS) is 30.8. The Labute approximate surface area is 413 Å². The van der Waals surface area contributed by atoms with Gasteiger partial charge in [-0.25, -0.2) is 9.97 Å². The zero-order chi connectivity index (χ0) is 58.0. The molecule has 2 aromatic heterocycles. The predicted molar refractivity (Wildman–Crippen MR) is 251 cm³/mol. The highest BCUT2D eigenvalue weighted by molar-refractivity contribution is 6.40. The van der Waals surface area contributed by atoms with Gasteiger partial charge in [-0.1, -0.05) is 47.4 Å². The van der Waals surface area contributed by atoms with E-state index in [1.807, 2.05) is 0 Å². The zero-order valence-electron chi connectivity index (χ0n) is 51.3. The van der Waals surface area contributed by atoms with Crippen molar-refractivity contribution in [2.75, 3.05) is 57.6 Å². The molecule has 4 heterocycles. The Hall–Kier alpha value is -4.27. The van der Waals surface area contributed by atoms with Gasteiger partial charge in [-0.15, -0.1) is 0 Å². The van der Waals surface area contributed by atoms with Crippen LogP contribution in [0.3, 0.4) is 0 Å². The number of carbonyl (C=O) groups excluding carboxylic acids is 3. The summed E-state index contributed by atoms with van der Waals surface area (Å²) in [4.78, 5) is 54.7. The van der Waals surface area contributed by atoms with E-state index in [1.54, 1.807) is 0 Å². The van der Waals surface area contributed by atoms with Crippen LogP contribution in [-0.2, 0) is 54.2 Å². The van der Waals surface area contributed by atoms with Crippen molar-refractivity contribution >= 4 is 52.4 Å². The fraction of sp³-hybridized carbons (Fsp3) is 0.580. The van der Waals surface area contributed by atoms with Gasteiger partial charge >= 0.3 is 5.97 Å². The van der Waals surface area contributed by atoms with Crippen molar-refractivity contribution in [3.63, 3.8) is 0 Å². The van der Waals surface area contributed by atoms with Crippen molar-refractivity contribution in [2.45, 2.75) is 103 Å². The molecule has 65 heavy (non-hydrogen) atoms. The Morgan fingerprint density at radius 1 is 0.723 bits per heavy atom. The number of aromatic nitrogens is 4. The number of amides is 2. The van der Waals surface area contributed by atoms with E-state index in [-0.39, 0.29) is 54.8 Å². The standard InChI is InChI=1S/C50H62Cl2N8O5/c1-57-38-11-23-59(25-21-47-13-15-49(29-47,16-14-47)31-64-3)27-36(38)53-42(57)44(61)55-34-9-5-7-32(40(34)51)33-8-6-10-35(41(33)52)56-45(62)43-54-37-28-60(24-12-39(37)58(43)2)26-22-48-17-19-50(30-48,20-18-48)46(63)65-4/h5-10H,11-31H2,1-4H3,(H,55,61)(H,56,62)/i1D3,2D3,3D3,5D,6D,7D,8D,9D,10D. The molecule has 0 saturated heterocycles. The maximum atomic E-state index is 14.4. The second-order valence-corrected chi connectivity index (χ2v) is 20.3. The summed E-state index contributed by atoms with van der Waals surface area (Å²) in [5.41, 5.74) is -1.60. The number of rotatable bonds is 14. The summed E-state index contributed by atoms with van der Waals surface area (Å²) < 4.78 is 139. The molecule has 346 valence electrons. The van der Waals surface area contributed by atoms with E-state index in [0.717, 1.165) is 86.2 Å². The first-order chi connectivity index (χ1) is 37.3. The molecular formula is C50H62Cl2N8O5. The lowest BCUT2D eigenvalue weighted by atomic mass is 9.80. The summed E-state index contributed by atoms with van der Waals surface area (Å²) in [6.07, 6.45) is 10.7. The van der Waals surface area contributed by atoms with Crippen LogP contribution in [0.5, 0.6) is 0 Å². The molecule has 10 rings (SSSR count). The van der Waals surface area contributed by atoms with Crippen molar-refractivity contribution in [2.24, 2.45) is 35.6 Å². The van der Waals surface area contributed by atoms with Crippen molar-refractivity contribution in [3.8, 4) is 11.1 Å². The van der Waals surface area contributed by atoms with E-state index in [0.29, 0.717) is 49.0 Å². The van der Waals surface area contributed by atoms with Gasteiger partial charge in [0.25, 0.3) is 11.8 Å². The number of carbonyl (C=O) groups is 3. The molecule has 0 radical (unpaired) electrons. The first-order valence-electron chi connectivity index (χ1n) is 29.9. The van der Waals surface area contributed by atoms with Crippen LogP contribution in [0.25, 0.3) is 11.1 Å². The lowest BCUT2D eigenvalue weighted by Crippen LogP contribution is -2.34. The molecule has 4 bridgehead atoms. The third-order valence-corrected chi connectivity index (χ3v) is 16.7. The molecule has 4 saturated carbocycles. The molecule has 6 aliphatic rings. The first-order valence-corrected chi connectivity index (χ1v) is 23.2. The van der Waals surface area contributed by atoms with Crippen LogP contribution in [-0.4, -0.2) is 93.6 Å². The second kappa shape index (κ2) is 17.1. The van der Waals surface area contributed by atoms with Crippen molar-refractivity contribution in [1.82, 2.24) is 28.9 Å². The van der Waals surface area contributed by atoms with Gasteiger partial charge < -0.3 is 29.2 Å². The fourth-order valence-electron chi connectivity index (χ4n) is 12.3. The van der Waals surface area contributed by atoms with Gasteiger partial charge in [0.15, 0.2) is 11.6 Å². The lowest BCUT2D eigenvalue weighted by molar-refractivity contribution is -0.152. The average molecular weight is 941 g/mol. The van der Waals surface area contributed by atoms with E-state index in [4.69, 9.17) is 53.2 Å². The maximum absolute atomic E-state index is 14.4. The Kier molecular flexibility index (Phi) is 7.94. The molecule has 4 aliphatic carbocycles. The summed E-state index contributed by atoms with van der Waals surface area (Å²) in [7, 11) is -1.05. The van der Waals surface area contributed by atoms with Crippen molar-refractivity contribution in [3.05, 3.63) is 80.7 Å². The van der Waals surface area contributed by atoms with Gasteiger partial charge in [-0.05, 0) is 118 Å². The van der Waals surface area contributed by atoms with E-state index in [1.165, 1.54) is 7.11 Å². The average Bonchev–Trinajstić information content (AvgIpc) is 4.28. The summed E-state index contributed by atoms with van der Waals surface area (Å²) in [6.45, 7) is -2.97. The molecule has 2 amide bonds. The Bertz CT molecular complexity index is 3200. The number of nitrogens with one attached hydrogen (secondary N) is 2. The van der Waals surface area contributed by atoms with Crippen LogP contribution in [0.1, 0.15) is 142 Å². The molecule has 0 atom stereocenters. The third-order valence-electron chi connectivity index (χ3n) is 16.0. The van der Waals surface area contributed by atoms with Crippen LogP contribution in [0, 0.1) is 21.7 Å². The van der Waals surface area contributed by atoms with Crippen molar-refractivity contribution in [1.29, 1.82) is 0 Å². The molecule has 2 aromatic carbocycles. The minimum atomic E-state index is -2.91. The summed E-state index contributed by atoms with van der Waals surface area (Å²) in [5, 5.41) is 3.61. The van der Waals surface area contributed by atoms with Gasteiger partial charge in [0.1, 0.15) is 0 Å². The van der Waals surface area contributed by atoms with Gasteiger partial charge in [0.2, 0.25) is 0 Å². The molecule has 13 nitrogen and oxygen atoms in total. The number of esters is 1. The van der Waals surface area contributed by atoms with Crippen molar-refractivity contribution < 1.29 is 44.4 Å². The minimum absolute atomic E-state index is 0.0111. The molecule has 0 spiro atoms. The van der Waals surface area contributed by atoms with Crippen LogP contribution >= 0.6 is 23.2 Å². The van der Waals surface area contributed by atoms with E-state index < -0.39 is 119 Å². The molecule has 2 N–H and O–H groups in total. The van der Waals surface area contributed by atoms with Gasteiger partial charge in [-0.3, -0.25) is 24.2 Å². The number of nitrogens with zero attached hydrogens (tertiary/aromatic N) is 6. The number of imidazole rings is 2. The zero-order valence-corrected chi connectivity index (χ0v) is 37.8. The largest absolute Gasteiger partial charge is 0.469 e. The van der Waals surface area contributed by atoms with Crippen LogP contribution < -0.4 is 10.6 Å². The van der Waals surface area contributed by atoms with Gasteiger partial charge in [0.05, 0.1) is 64.3 Å². The summed E-state index contributed by atoms with van der Waals surface area (Å²) in [6, 6.07) is -4.78. The number of halogens is 2. The molecular weight excluding hydrogens is 864 g/mol. The monoisotopic (exact) mass is 940 g/mol. The van der Waals surface area contributed by atoms with Crippen LogP contribution in [0.4, 0.5) is 11.4 Å². The minimum Gasteiger partial charge on any atom is -0.469 e. The number of hydrogen-bond donors (Lipinski definition) is 2. The Morgan fingerprint density at radius 2 is 1.22 bits per heavy atom. The number of methoxy groups -OCH3 is 2. The van der Waals surface area contributed by atoms with E-state index in [2.05, 4.69) is 30.4 Å². The van der Waals surface area contributed by atoms with Gasteiger partial charge in [-0.2, -0.15) is 0 Å². The van der Waals surface area contributed by atoms with Gasteiger partial charge in [0, 0.05) is 90.7 Å². The quantitative estimate of drug-likeness (QED) is 0.119. The van der Waals surface area contributed by atoms with Crippen LogP contribution in [0.15, 0.2) is 36.3 Å². The number of anilines is 2. The third kappa shape index (κ3) is 8.00. The summed E-state index contributed by atoms with van der Waals surface area (Å²) in [5.74, 6) is -3.53. The second-order valence-electron chi connectivity index (χ2n) is 19.6. The maximum Gasteiger partial charge on any atom is 0.311 e. The molecule has 4 aromatic rings. The number of hydrogen-bond acceptors (Lipinski definition) is 9. The highest BCUT2D eigenvalue weighted by Crippen LogP contribution is 2.64. The Balaban J connectivity index is 0.891. The number of benzene rings is 2. The van der Waals surface area contributed by atoms with E-state index >= 15 is 0 Å². The molecule has 2 aliphatic heterocycles. The SMILES string of the molecule is [2H]c1c([2H])c(NC(=O)c2nc3c(n2C([2H])([2H])[2H])CCN(CCC24CCC(COC([2H])([2H])[2H])(CC2)C4)C3)c(Cl)c(-c2c([2H])c([2H])c([2H])c(NC(=O)c3nc4c(n3C([2H])([2H])[2H])CCN(CCC35CCC(C(=O)OC)(CC3)C5)C4)c2Cl)c1[2H]. The fourth-order valence-corrected chi connectivity index (χ4v) is 12.8. The molecule has 0 unspecified atom stereocenters. The smallest absolute Gasteiger partial charge is 0.311 e. The predicted octanol–water partition coefficient (Wildman–Crippen LogP) is 8.85. The number of fused-ring (bicyclic) bond motifs is 6. The number of ether oxygens (including phenoxy) is 2. The highest BCUT2D eigenvalue weighted by atomic mass is 35.5. The highest BCUT2D eigenvalue weighted by Gasteiger charge is 2.58. The Morgan fingerprint density at radius 3 is 1.71 bits per heavy atom. The lowest BCUT2D eigenvalue weighted by Gasteiger charge is -2.32. The topological polar surface area (TPSA) is 136 Å². The van der Waals surface area contributed by atoms with E-state index in [9.17, 15) is 14.4 Å². The molecule has 15 heteroatoms. The summed E-state index contributed by atoms with van der Waals surface area (Å²) >= 11 is 13.9.